The van der Waals surface area contributed by atoms with E-state index in [-0.39, 0.29) is 34.6 Å². The van der Waals surface area contributed by atoms with Gasteiger partial charge in [-0.05, 0) is 18.6 Å². The summed E-state index contributed by atoms with van der Waals surface area (Å²) < 4.78 is 81.4. The summed E-state index contributed by atoms with van der Waals surface area (Å²) >= 11 is 0.910. The fraction of sp³-hybridized carbons (Fsp3) is 0.294. The van der Waals surface area contributed by atoms with E-state index in [4.69, 9.17) is 4.52 Å². The molecule has 0 amide bonds. The van der Waals surface area contributed by atoms with Crippen LogP contribution in [0.1, 0.15) is 23.6 Å². The van der Waals surface area contributed by atoms with Gasteiger partial charge in [0.2, 0.25) is 11.7 Å². The fourth-order valence-corrected chi connectivity index (χ4v) is 3.17. The van der Waals surface area contributed by atoms with Gasteiger partial charge in [-0.2, -0.15) is 31.3 Å². The number of nitrogens with zero attached hydrogens (tertiary/aromatic N) is 3. The Morgan fingerprint density at radius 2 is 1.80 bits per heavy atom. The predicted octanol–water partition coefficient (Wildman–Crippen LogP) is 4.58. The summed E-state index contributed by atoms with van der Waals surface area (Å²) in [6.45, 7) is 0. The summed E-state index contributed by atoms with van der Waals surface area (Å²) in [4.78, 5) is 20.9. The first-order valence-electron chi connectivity index (χ1n) is 8.34. The largest absolute Gasteiger partial charge is 0.433 e. The summed E-state index contributed by atoms with van der Waals surface area (Å²) in [7, 11) is 0. The van der Waals surface area contributed by atoms with Crippen LogP contribution in [0.5, 0.6) is 0 Å². The highest BCUT2D eigenvalue weighted by molar-refractivity contribution is 7.99. The van der Waals surface area contributed by atoms with Gasteiger partial charge in [0, 0.05) is 23.8 Å². The smallest absolute Gasteiger partial charge is 0.339 e. The molecule has 0 aliphatic rings. The molecule has 6 nitrogen and oxygen atoms in total. The molecule has 0 fully saturated rings. The van der Waals surface area contributed by atoms with Crippen LogP contribution in [0.4, 0.5) is 26.3 Å². The van der Waals surface area contributed by atoms with Gasteiger partial charge in [0.05, 0.1) is 5.56 Å². The van der Waals surface area contributed by atoms with Crippen molar-refractivity contribution in [3.05, 3.63) is 57.8 Å². The lowest BCUT2D eigenvalue weighted by molar-refractivity contribution is -0.141. The van der Waals surface area contributed by atoms with Gasteiger partial charge in [0.1, 0.15) is 0 Å². The summed E-state index contributed by atoms with van der Waals surface area (Å²) in [5.41, 5.74) is -2.90. The lowest BCUT2D eigenvalue weighted by atomic mass is 10.1. The van der Waals surface area contributed by atoms with Crippen molar-refractivity contribution in [2.75, 3.05) is 5.75 Å². The lowest BCUT2D eigenvalue weighted by Crippen LogP contribution is -2.16. The summed E-state index contributed by atoms with van der Waals surface area (Å²) in [5, 5.41) is 3.48. The molecule has 2 heterocycles. The van der Waals surface area contributed by atoms with E-state index in [9.17, 15) is 31.1 Å². The maximum Gasteiger partial charge on any atom is 0.433 e. The van der Waals surface area contributed by atoms with Crippen LogP contribution in [0.25, 0.3) is 11.4 Å². The second-order valence-corrected chi connectivity index (χ2v) is 7.06. The molecule has 30 heavy (non-hydrogen) atoms. The van der Waals surface area contributed by atoms with Crippen LogP contribution in [-0.4, -0.2) is 25.9 Å². The van der Waals surface area contributed by atoms with Gasteiger partial charge in [0.25, 0.3) is 5.56 Å². The van der Waals surface area contributed by atoms with Gasteiger partial charge in [-0.15, -0.1) is 0 Å². The number of aromatic amines is 1. The fourth-order valence-electron chi connectivity index (χ4n) is 2.35. The summed E-state index contributed by atoms with van der Waals surface area (Å²) in [6, 6.07) is 4.84. The number of aryl methyl sites for hydroxylation is 1. The Hall–Kier alpha value is -2.83. The number of aromatic nitrogens is 4. The highest BCUT2D eigenvalue weighted by atomic mass is 32.2. The molecule has 0 saturated heterocycles. The van der Waals surface area contributed by atoms with E-state index >= 15 is 0 Å². The zero-order valence-electron chi connectivity index (χ0n) is 14.8. The van der Waals surface area contributed by atoms with Crippen LogP contribution in [0.2, 0.25) is 0 Å². The Bertz CT molecular complexity index is 1080. The molecule has 2 aromatic heterocycles. The van der Waals surface area contributed by atoms with Crippen molar-refractivity contribution < 1.29 is 30.9 Å². The van der Waals surface area contributed by atoms with Crippen LogP contribution >= 0.6 is 11.8 Å². The average Bonchev–Trinajstić information content (AvgIpc) is 3.13. The minimum absolute atomic E-state index is 0.00683. The monoisotopic (exact) mass is 450 g/mol. The maximum absolute atomic E-state index is 12.8. The van der Waals surface area contributed by atoms with Crippen LogP contribution < -0.4 is 5.56 Å². The Morgan fingerprint density at radius 3 is 2.50 bits per heavy atom. The van der Waals surface area contributed by atoms with Crippen molar-refractivity contribution in [2.45, 2.75) is 30.4 Å². The van der Waals surface area contributed by atoms with E-state index < -0.39 is 29.2 Å². The van der Waals surface area contributed by atoms with Crippen molar-refractivity contribution in [1.82, 2.24) is 20.1 Å². The molecule has 13 heteroatoms. The van der Waals surface area contributed by atoms with Gasteiger partial charge in [-0.3, -0.25) is 4.79 Å². The van der Waals surface area contributed by atoms with E-state index in [1.807, 2.05) is 0 Å². The Morgan fingerprint density at radius 1 is 1.03 bits per heavy atom. The first-order chi connectivity index (χ1) is 14.0. The zero-order chi connectivity index (χ0) is 21.9. The molecule has 0 unspecified atom stereocenters. The number of thioether (sulfide) groups is 1. The minimum Gasteiger partial charge on any atom is -0.339 e. The standard InChI is InChI=1S/C17H12F6N4O2S/c18-16(19,20)10-4-1-3-9(7-10)14-26-13(29-27-14)5-2-6-30-15-24-11(17(21,22)23)8-12(28)25-15/h1,3-4,7-8H,2,5-6H2,(H,24,25,28). The average molecular weight is 450 g/mol. The normalized spacial score (nSPS) is 12.3. The van der Waals surface area contributed by atoms with Gasteiger partial charge in [-0.1, -0.05) is 29.1 Å². The minimum atomic E-state index is -4.73. The van der Waals surface area contributed by atoms with E-state index in [0.717, 1.165) is 23.9 Å². The molecule has 0 atom stereocenters. The molecule has 0 spiro atoms. The molecule has 1 aromatic carbocycles. The van der Waals surface area contributed by atoms with Crippen LogP contribution in [-0.2, 0) is 18.8 Å². The maximum atomic E-state index is 12.8. The number of hydrogen-bond acceptors (Lipinski definition) is 6. The molecule has 3 aromatic rings. The second-order valence-electron chi connectivity index (χ2n) is 5.98. The number of H-pyrrole nitrogens is 1. The van der Waals surface area contributed by atoms with E-state index in [1.54, 1.807) is 0 Å². The second kappa shape index (κ2) is 8.50. The first-order valence-corrected chi connectivity index (χ1v) is 9.32. The Labute approximate surface area is 168 Å². The molecule has 0 radical (unpaired) electrons. The summed E-state index contributed by atoms with van der Waals surface area (Å²) in [5.74, 6) is 0.437. The quantitative estimate of drug-likeness (QED) is 0.256. The molecule has 0 aliphatic carbocycles. The zero-order valence-corrected chi connectivity index (χ0v) is 15.7. The number of alkyl halides is 6. The predicted molar refractivity (Wildman–Crippen MR) is 93.6 cm³/mol. The molecule has 0 aliphatic heterocycles. The van der Waals surface area contributed by atoms with Crippen molar-refractivity contribution in [1.29, 1.82) is 0 Å². The first kappa shape index (κ1) is 21.9. The van der Waals surface area contributed by atoms with Gasteiger partial charge >= 0.3 is 12.4 Å². The molecule has 1 N–H and O–H groups in total. The van der Waals surface area contributed by atoms with Crippen molar-refractivity contribution in [3.8, 4) is 11.4 Å². The molecular weight excluding hydrogens is 438 g/mol. The molecule has 0 bridgehead atoms. The highest BCUT2D eigenvalue weighted by Crippen LogP contribution is 2.31. The van der Waals surface area contributed by atoms with E-state index in [0.29, 0.717) is 12.5 Å². The molecular formula is C17H12F6N4O2S. The van der Waals surface area contributed by atoms with Gasteiger partial charge in [0.15, 0.2) is 10.9 Å². The molecule has 0 saturated carbocycles. The van der Waals surface area contributed by atoms with Gasteiger partial charge in [-0.25, -0.2) is 4.98 Å². The summed E-state index contributed by atoms with van der Waals surface area (Å²) in [6.07, 6.45) is -8.61. The van der Waals surface area contributed by atoms with Crippen molar-refractivity contribution in [2.24, 2.45) is 0 Å². The Balaban J connectivity index is 1.58. The van der Waals surface area contributed by atoms with Crippen molar-refractivity contribution >= 4 is 11.8 Å². The topological polar surface area (TPSA) is 84.7 Å². The van der Waals surface area contributed by atoms with Crippen LogP contribution in [0.3, 0.4) is 0 Å². The van der Waals surface area contributed by atoms with E-state index in [2.05, 4.69) is 20.1 Å². The van der Waals surface area contributed by atoms with Crippen LogP contribution in [0, 0.1) is 0 Å². The molecule has 160 valence electrons. The number of rotatable bonds is 6. The lowest BCUT2D eigenvalue weighted by Gasteiger charge is -2.06. The van der Waals surface area contributed by atoms with Gasteiger partial charge < -0.3 is 9.51 Å². The third-order valence-corrected chi connectivity index (χ3v) is 4.66. The highest BCUT2D eigenvalue weighted by Gasteiger charge is 2.33. The Kier molecular flexibility index (Phi) is 6.19. The van der Waals surface area contributed by atoms with Crippen LogP contribution in [0.15, 0.2) is 44.8 Å². The third kappa shape index (κ3) is 5.62. The third-order valence-electron chi connectivity index (χ3n) is 3.70. The number of hydrogen-bond donors (Lipinski definition) is 1. The number of halogens is 6. The number of nitrogens with one attached hydrogen (secondary N) is 1. The van der Waals surface area contributed by atoms with Crippen molar-refractivity contribution in [3.63, 3.8) is 0 Å². The SMILES string of the molecule is O=c1cc(C(F)(F)F)nc(SCCCc2nc(-c3cccc(C(F)(F)F)c3)no2)[nH]1. The number of benzene rings is 1. The van der Waals surface area contributed by atoms with E-state index in [1.165, 1.54) is 12.1 Å². The molecule has 3 rings (SSSR count).